The lowest BCUT2D eigenvalue weighted by atomic mass is 10.1. The number of hydrogen-bond donors (Lipinski definition) is 1. The number of benzene rings is 1. The van der Waals surface area contributed by atoms with Gasteiger partial charge in [-0.1, -0.05) is 12.1 Å². The molecule has 0 heterocycles. The largest absolute Gasteiger partial charge is 0.440 e. The van der Waals surface area contributed by atoms with Crippen molar-refractivity contribution in [2.24, 2.45) is 0 Å². The topological polar surface area (TPSA) is 38.3 Å². The van der Waals surface area contributed by atoms with Gasteiger partial charge in [0.1, 0.15) is 5.82 Å². The number of hydrogen-bond acceptors (Lipinski definition) is 2. The van der Waals surface area contributed by atoms with Crippen molar-refractivity contribution < 1.29 is 27.1 Å². The second-order valence-electron chi connectivity index (χ2n) is 4.07. The van der Waals surface area contributed by atoms with E-state index in [-0.39, 0.29) is 5.82 Å². The maximum Gasteiger partial charge on any atom is 0.422 e. The predicted molar refractivity (Wildman–Crippen MR) is 60.1 cm³/mol. The third kappa shape index (κ3) is 6.64. The van der Waals surface area contributed by atoms with E-state index in [1.54, 1.807) is 6.92 Å². The summed E-state index contributed by atoms with van der Waals surface area (Å²) in [5, 5.41) is 2.26. The molecule has 1 amide bonds. The van der Waals surface area contributed by atoms with Gasteiger partial charge in [0.25, 0.3) is 0 Å². The Hall–Kier alpha value is -1.79. The highest BCUT2D eigenvalue weighted by atomic mass is 19.4. The Balaban J connectivity index is 2.36. The predicted octanol–water partition coefficient (Wildman–Crippen LogP) is 3.05. The third-order valence-electron chi connectivity index (χ3n) is 2.19. The summed E-state index contributed by atoms with van der Waals surface area (Å²) in [6.45, 7) is -0.0136. The van der Waals surface area contributed by atoms with Crippen molar-refractivity contribution >= 4 is 6.09 Å². The molecule has 0 saturated carbocycles. The molecule has 1 atom stereocenters. The van der Waals surface area contributed by atoms with E-state index in [9.17, 15) is 22.4 Å². The summed E-state index contributed by atoms with van der Waals surface area (Å²) in [7, 11) is 0. The molecule has 1 unspecified atom stereocenters. The fraction of sp³-hybridized carbons (Fsp3) is 0.417. The Labute approximate surface area is 107 Å². The van der Waals surface area contributed by atoms with Crippen molar-refractivity contribution in [2.45, 2.75) is 25.6 Å². The van der Waals surface area contributed by atoms with Crippen LogP contribution >= 0.6 is 0 Å². The molecule has 0 aliphatic carbocycles. The average Bonchev–Trinajstić information content (AvgIpc) is 2.29. The summed E-state index contributed by atoms with van der Waals surface area (Å²) in [6.07, 6.45) is -5.31. The van der Waals surface area contributed by atoms with Gasteiger partial charge in [0.2, 0.25) is 0 Å². The lowest BCUT2D eigenvalue weighted by Crippen LogP contribution is -2.36. The van der Waals surface area contributed by atoms with Crippen LogP contribution in [0, 0.1) is 5.82 Å². The third-order valence-corrected chi connectivity index (χ3v) is 2.19. The van der Waals surface area contributed by atoms with Gasteiger partial charge in [-0.15, -0.1) is 0 Å². The molecule has 106 valence electrons. The van der Waals surface area contributed by atoms with E-state index in [0.717, 1.165) is 5.56 Å². The van der Waals surface area contributed by atoms with E-state index in [2.05, 4.69) is 10.1 Å². The lowest BCUT2D eigenvalue weighted by Gasteiger charge is -2.14. The molecule has 0 aromatic heterocycles. The molecular weight excluding hydrogens is 266 g/mol. The van der Waals surface area contributed by atoms with Gasteiger partial charge in [-0.25, -0.2) is 9.18 Å². The summed E-state index contributed by atoms with van der Waals surface area (Å²) in [6, 6.07) is 5.18. The molecule has 1 aromatic rings. The number of alkyl halides is 3. The molecule has 0 spiro atoms. The normalized spacial score (nSPS) is 12.9. The lowest BCUT2D eigenvalue weighted by molar-refractivity contribution is -0.160. The molecule has 0 radical (unpaired) electrons. The van der Waals surface area contributed by atoms with Crippen molar-refractivity contribution in [2.75, 3.05) is 6.61 Å². The van der Waals surface area contributed by atoms with E-state index in [1.165, 1.54) is 24.3 Å². The minimum atomic E-state index is -4.54. The molecule has 1 N–H and O–H groups in total. The maximum atomic E-state index is 12.7. The number of rotatable bonds is 4. The molecule has 3 nitrogen and oxygen atoms in total. The molecule has 0 aliphatic rings. The van der Waals surface area contributed by atoms with E-state index in [4.69, 9.17) is 0 Å². The van der Waals surface area contributed by atoms with Crippen molar-refractivity contribution in [1.29, 1.82) is 0 Å². The van der Waals surface area contributed by atoms with E-state index in [0.29, 0.717) is 6.42 Å². The molecular formula is C12H13F4NO2. The Morgan fingerprint density at radius 2 is 1.89 bits per heavy atom. The van der Waals surface area contributed by atoms with Crippen molar-refractivity contribution in [3.8, 4) is 0 Å². The zero-order valence-corrected chi connectivity index (χ0v) is 10.1. The van der Waals surface area contributed by atoms with Crippen LogP contribution in [0.25, 0.3) is 0 Å². The van der Waals surface area contributed by atoms with Gasteiger partial charge in [0, 0.05) is 6.04 Å². The van der Waals surface area contributed by atoms with Gasteiger partial charge in [0.05, 0.1) is 0 Å². The molecule has 0 fully saturated rings. The number of ether oxygens (including phenoxy) is 1. The first-order chi connectivity index (χ1) is 8.76. The van der Waals surface area contributed by atoms with Crippen LogP contribution < -0.4 is 5.32 Å². The van der Waals surface area contributed by atoms with Crippen LogP contribution in [0.2, 0.25) is 0 Å². The Morgan fingerprint density at radius 3 is 2.42 bits per heavy atom. The summed E-state index contributed by atoms with van der Waals surface area (Å²) >= 11 is 0. The molecule has 1 aromatic carbocycles. The standard InChI is InChI=1S/C12H13F4NO2/c1-8(6-9-2-4-10(13)5-3-9)17-11(18)19-7-12(14,15)16/h2-5,8H,6-7H2,1H3,(H,17,18). The maximum absolute atomic E-state index is 12.7. The van der Waals surface area contributed by atoms with Crippen LogP contribution in [-0.2, 0) is 11.2 Å². The van der Waals surface area contributed by atoms with Gasteiger partial charge < -0.3 is 10.1 Å². The highest BCUT2D eigenvalue weighted by Gasteiger charge is 2.29. The van der Waals surface area contributed by atoms with E-state index in [1.807, 2.05) is 0 Å². The van der Waals surface area contributed by atoms with Gasteiger partial charge in [-0.2, -0.15) is 13.2 Å². The van der Waals surface area contributed by atoms with Crippen LogP contribution in [-0.4, -0.2) is 24.9 Å². The zero-order chi connectivity index (χ0) is 14.5. The minimum Gasteiger partial charge on any atom is -0.440 e. The summed E-state index contributed by atoms with van der Waals surface area (Å²) < 4.78 is 52.0. The number of amides is 1. The van der Waals surface area contributed by atoms with E-state index < -0.39 is 24.9 Å². The minimum absolute atomic E-state index is 0.362. The highest BCUT2D eigenvalue weighted by molar-refractivity contribution is 5.67. The first-order valence-electron chi connectivity index (χ1n) is 5.51. The fourth-order valence-electron chi connectivity index (χ4n) is 1.42. The van der Waals surface area contributed by atoms with Crippen molar-refractivity contribution in [3.05, 3.63) is 35.6 Å². The molecule has 0 saturated heterocycles. The quantitative estimate of drug-likeness (QED) is 0.860. The van der Waals surface area contributed by atoms with Crippen molar-refractivity contribution in [1.82, 2.24) is 5.32 Å². The number of carbonyl (C=O) groups is 1. The monoisotopic (exact) mass is 279 g/mol. The number of nitrogens with one attached hydrogen (secondary N) is 1. The SMILES string of the molecule is CC(Cc1ccc(F)cc1)NC(=O)OCC(F)(F)F. The van der Waals surface area contributed by atoms with Crippen LogP contribution in [0.5, 0.6) is 0 Å². The second-order valence-corrected chi connectivity index (χ2v) is 4.07. The summed E-state index contributed by atoms with van der Waals surface area (Å²) in [4.78, 5) is 11.1. The van der Waals surface area contributed by atoms with Crippen LogP contribution in [0.3, 0.4) is 0 Å². The van der Waals surface area contributed by atoms with Gasteiger partial charge in [-0.3, -0.25) is 0 Å². The molecule has 0 bridgehead atoms. The van der Waals surface area contributed by atoms with Crippen molar-refractivity contribution in [3.63, 3.8) is 0 Å². The first kappa shape index (κ1) is 15.3. The Kier molecular flexibility index (Phi) is 5.14. The molecule has 19 heavy (non-hydrogen) atoms. The van der Waals surface area contributed by atoms with Crippen LogP contribution in [0.1, 0.15) is 12.5 Å². The zero-order valence-electron chi connectivity index (χ0n) is 10.1. The summed E-state index contributed by atoms with van der Waals surface area (Å²) in [5.74, 6) is -0.381. The highest BCUT2D eigenvalue weighted by Crippen LogP contribution is 2.14. The van der Waals surface area contributed by atoms with Crippen LogP contribution in [0.4, 0.5) is 22.4 Å². The molecule has 7 heteroatoms. The van der Waals surface area contributed by atoms with Gasteiger partial charge in [-0.05, 0) is 31.0 Å². The molecule has 0 aliphatic heterocycles. The Morgan fingerprint density at radius 1 is 1.32 bits per heavy atom. The average molecular weight is 279 g/mol. The number of carbonyl (C=O) groups excluding carboxylic acids is 1. The van der Waals surface area contributed by atoms with Gasteiger partial charge >= 0.3 is 12.3 Å². The number of halogens is 4. The number of alkyl carbamates (subject to hydrolysis) is 1. The first-order valence-corrected chi connectivity index (χ1v) is 5.51. The van der Waals surface area contributed by atoms with Crippen LogP contribution in [0.15, 0.2) is 24.3 Å². The van der Waals surface area contributed by atoms with E-state index >= 15 is 0 Å². The second kappa shape index (κ2) is 6.40. The van der Waals surface area contributed by atoms with Gasteiger partial charge in [0.15, 0.2) is 6.61 Å². The smallest absolute Gasteiger partial charge is 0.422 e. The Bertz CT molecular complexity index is 417. The fourth-order valence-corrected chi connectivity index (χ4v) is 1.42. The molecule has 1 rings (SSSR count). The summed E-state index contributed by atoms with van der Waals surface area (Å²) in [5.41, 5.74) is 0.755.